The van der Waals surface area contributed by atoms with E-state index in [2.05, 4.69) is 81.8 Å². The lowest BCUT2D eigenvalue weighted by Crippen LogP contribution is -2.11. The van der Waals surface area contributed by atoms with E-state index in [4.69, 9.17) is 0 Å². The largest absolute Gasteiger partial charge is 0.357 e. The van der Waals surface area contributed by atoms with Gasteiger partial charge < -0.3 is 10.6 Å². The van der Waals surface area contributed by atoms with E-state index in [0.29, 0.717) is 17.5 Å². The second-order valence-electron chi connectivity index (χ2n) is 8.41. The number of aryl methyl sites for hydroxylation is 1. The molecule has 2 aliphatic rings. The van der Waals surface area contributed by atoms with Crippen LogP contribution >= 0.6 is 0 Å². The molecule has 0 bridgehead atoms. The minimum absolute atomic E-state index is 0. The number of halogens is 1. The lowest BCUT2D eigenvalue weighted by atomic mass is 9.94. The third-order valence-electron chi connectivity index (χ3n) is 5.36. The van der Waals surface area contributed by atoms with Crippen LogP contribution < -0.4 is 10.6 Å². The Morgan fingerprint density at radius 3 is 2.16 bits per heavy atom. The van der Waals surface area contributed by atoms with Gasteiger partial charge in [-0.2, -0.15) is 0 Å². The maximum atomic E-state index is 13.8. The zero-order chi connectivity index (χ0) is 21.1. The van der Waals surface area contributed by atoms with Crippen LogP contribution in [-0.2, 0) is 6.42 Å². The quantitative estimate of drug-likeness (QED) is 0.505. The zero-order valence-corrected chi connectivity index (χ0v) is 17.9. The number of hydrogen-bond acceptors (Lipinski definition) is 2. The smallest absolute Gasteiger partial charge is 0.147 e. The van der Waals surface area contributed by atoms with Gasteiger partial charge in [0.05, 0.1) is 5.69 Å². The van der Waals surface area contributed by atoms with E-state index in [1.165, 1.54) is 11.1 Å². The molecule has 0 spiro atoms. The number of nitrogens with one attached hydrogen (secondary N) is 2. The van der Waals surface area contributed by atoms with Crippen molar-refractivity contribution in [2.45, 2.75) is 67.2 Å². The van der Waals surface area contributed by atoms with Gasteiger partial charge in [-0.3, -0.25) is 0 Å². The Morgan fingerprint density at radius 1 is 0.839 bits per heavy atom. The lowest BCUT2D eigenvalue weighted by Gasteiger charge is -2.22. The molecule has 2 N–H and O–H groups in total. The van der Waals surface area contributed by atoms with Gasteiger partial charge in [-0.25, -0.2) is 4.39 Å². The highest BCUT2D eigenvalue weighted by Gasteiger charge is 2.17. The van der Waals surface area contributed by atoms with Gasteiger partial charge in [-0.1, -0.05) is 73.9 Å². The Labute approximate surface area is 189 Å². The van der Waals surface area contributed by atoms with E-state index in [-0.39, 0.29) is 20.7 Å². The van der Waals surface area contributed by atoms with E-state index in [1.807, 2.05) is 6.08 Å². The molecular formula is C28H39FN2. The summed E-state index contributed by atoms with van der Waals surface area (Å²) in [5, 5.41) is 6.27. The average Bonchev–Trinajstić information content (AvgIpc) is 2.68. The van der Waals surface area contributed by atoms with Gasteiger partial charge in [0, 0.05) is 17.1 Å². The standard InChI is InChI=1S/C13H16FN.C13H15N.2CH4/c1-8(2)11-6-10-5-4-9(3)15-13(10)12(14)7-11;1-9(2)11-6-7-13-12(8-11)5-4-10(3)14-13;;/h6-8,15H,3-5H2,1-2H3;4-9,14H,3H2,1-2H3;2*1H4. The van der Waals surface area contributed by atoms with Gasteiger partial charge in [0.25, 0.3) is 0 Å². The van der Waals surface area contributed by atoms with Crippen molar-refractivity contribution < 1.29 is 4.39 Å². The highest BCUT2D eigenvalue weighted by Crippen LogP contribution is 2.32. The fourth-order valence-electron chi connectivity index (χ4n) is 3.48. The summed E-state index contributed by atoms with van der Waals surface area (Å²) in [6.07, 6.45) is 5.90. The van der Waals surface area contributed by atoms with Crippen LogP contribution in [0.3, 0.4) is 0 Å². The summed E-state index contributed by atoms with van der Waals surface area (Å²) in [5.74, 6) is 0.797. The second kappa shape index (κ2) is 11.0. The minimum atomic E-state index is -0.156. The number of fused-ring (bicyclic) bond motifs is 2. The molecule has 2 aliphatic heterocycles. The van der Waals surface area contributed by atoms with E-state index < -0.39 is 0 Å². The van der Waals surface area contributed by atoms with Gasteiger partial charge in [0.15, 0.2) is 0 Å². The van der Waals surface area contributed by atoms with E-state index in [1.54, 1.807) is 6.07 Å². The normalized spacial score (nSPS) is 13.6. The molecule has 0 aliphatic carbocycles. The van der Waals surface area contributed by atoms with Crippen LogP contribution in [0, 0.1) is 5.82 Å². The van der Waals surface area contributed by atoms with Gasteiger partial charge in [0.2, 0.25) is 0 Å². The Bertz CT molecular complexity index is 967. The first-order valence-corrected chi connectivity index (χ1v) is 10.3. The number of anilines is 2. The molecular weight excluding hydrogens is 383 g/mol. The molecule has 0 atom stereocenters. The average molecular weight is 423 g/mol. The number of allylic oxidation sites excluding steroid dienone is 2. The van der Waals surface area contributed by atoms with E-state index in [0.717, 1.165) is 41.1 Å². The van der Waals surface area contributed by atoms with Crippen LogP contribution in [0.25, 0.3) is 6.08 Å². The maximum Gasteiger partial charge on any atom is 0.147 e. The molecule has 0 amide bonds. The van der Waals surface area contributed by atoms with Crippen LogP contribution in [0.5, 0.6) is 0 Å². The molecule has 0 saturated carbocycles. The summed E-state index contributed by atoms with van der Waals surface area (Å²) in [6.45, 7) is 16.3. The second-order valence-corrected chi connectivity index (χ2v) is 8.41. The van der Waals surface area contributed by atoms with Gasteiger partial charge in [-0.05, 0) is 71.2 Å². The molecule has 2 nitrogen and oxygen atoms in total. The summed E-state index contributed by atoms with van der Waals surface area (Å²) in [7, 11) is 0. The summed E-state index contributed by atoms with van der Waals surface area (Å²) in [5.41, 5.74) is 8.41. The van der Waals surface area contributed by atoms with Crippen LogP contribution in [-0.4, -0.2) is 0 Å². The first kappa shape index (κ1) is 26.2. The Balaban J connectivity index is 0.000000292. The van der Waals surface area contributed by atoms with Gasteiger partial charge in [-0.15, -0.1) is 0 Å². The van der Waals surface area contributed by atoms with Gasteiger partial charge in [0.1, 0.15) is 5.82 Å². The lowest BCUT2D eigenvalue weighted by molar-refractivity contribution is 0.621. The third-order valence-corrected chi connectivity index (χ3v) is 5.36. The first-order valence-electron chi connectivity index (χ1n) is 10.3. The maximum absolute atomic E-state index is 13.8. The topological polar surface area (TPSA) is 24.1 Å². The van der Waals surface area contributed by atoms with Crippen molar-refractivity contribution in [3.05, 3.63) is 89.0 Å². The monoisotopic (exact) mass is 422 g/mol. The van der Waals surface area contributed by atoms with E-state index >= 15 is 0 Å². The summed E-state index contributed by atoms with van der Waals surface area (Å²) in [6, 6.07) is 10.2. The van der Waals surface area contributed by atoms with Crippen molar-refractivity contribution in [3.8, 4) is 0 Å². The molecule has 31 heavy (non-hydrogen) atoms. The van der Waals surface area contributed by atoms with Crippen molar-refractivity contribution >= 4 is 17.5 Å². The third kappa shape index (κ3) is 6.33. The molecule has 4 rings (SSSR count). The van der Waals surface area contributed by atoms with Crippen molar-refractivity contribution in [2.75, 3.05) is 10.6 Å². The van der Waals surface area contributed by atoms with E-state index in [9.17, 15) is 4.39 Å². The SMILES string of the molecule is C.C.C=C1C=Cc2cc(C(C)C)ccc2N1.C=C1CCc2cc(C(C)C)cc(F)c2N1. The molecule has 0 radical (unpaired) electrons. The summed E-state index contributed by atoms with van der Waals surface area (Å²) < 4.78 is 13.8. The molecule has 2 heterocycles. The molecule has 0 fully saturated rings. The minimum Gasteiger partial charge on any atom is -0.357 e. The van der Waals surface area contributed by atoms with Crippen molar-refractivity contribution in [3.63, 3.8) is 0 Å². The van der Waals surface area contributed by atoms with Crippen LogP contribution in [0.15, 0.2) is 61.0 Å². The number of hydrogen-bond donors (Lipinski definition) is 2. The first-order chi connectivity index (χ1) is 13.7. The highest BCUT2D eigenvalue weighted by molar-refractivity contribution is 5.75. The fourth-order valence-corrected chi connectivity index (χ4v) is 3.48. The molecule has 0 aromatic heterocycles. The molecule has 2 aromatic rings. The fraction of sp³-hybridized carbons (Fsp3) is 0.357. The molecule has 168 valence electrons. The Hall–Kier alpha value is -2.81. The predicted octanol–water partition coefficient (Wildman–Crippen LogP) is 8.86. The molecule has 0 unspecified atom stereocenters. The molecule has 2 aromatic carbocycles. The van der Waals surface area contributed by atoms with Crippen LogP contribution in [0.1, 0.15) is 83.1 Å². The Morgan fingerprint density at radius 2 is 1.52 bits per heavy atom. The predicted molar refractivity (Wildman–Crippen MR) is 137 cm³/mol. The van der Waals surface area contributed by atoms with Crippen molar-refractivity contribution in [2.24, 2.45) is 0 Å². The summed E-state index contributed by atoms with van der Waals surface area (Å²) in [4.78, 5) is 0. The molecule has 3 heteroatoms. The van der Waals surface area contributed by atoms with Crippen LogP contribution in [0.2, 0.25) is 0 Å². The zero-order valence-electron chi connectivity index (χ0n) is 17.9. The Kier molecular flexibility index (Phi) is 9.30. The van der Waals surface area contributed by atoms with Crippen molar-refractivity contribution in [1.29, 1.82) is 0 Å². The van der Waals surface area contributed by atoms with Crippen molar-refractivity contribution in [1.82, 2.24) is 0 Å². The number of rotatable bonds is 2. The number of benzene rings is 2. The van der Waals surface area contributed by atoms with Gasteiger partial charge >= 0.3 is 0 Å². The van der Waals surface area contributed by atoms with Crippen LogP contribution in [0.4, 0.5) is 15.8 Å². The highest BCUT2D eigenvalue weighted by atomic mass is 19.1. The molecule has 0 saturated heterocycles. The summed E-state index contributed by atoms with van der Waals surface area (Å²) >= 11 is 0.